The first-order chi connectivity index (χ1) is 14.4. The Morgan fingerprint density at radius 2 is 1.80 bits per heavy atom. The minimum atomic E-state index is 0.0293. The number of aromatic nitrogens is 2. The molecule has 0 spiro atoms. The average molecular weight is 413 g/mol. The van der Waals surface area contributed by atoms with Gasteiger partial charge in [0.15, 0.2) is 11.2 Å². The smallest absolute Gasteiger partial charge is 0.231 e. The SMILES string of the molecule is Cc1coc2c1ccc1c2oc2ncnc(-c3cc(C(C)(C)C)c4sccc4c3)c21. The predicted octanol–water partition coefficient (Wildman–Crippen LogP) is 7.61. The standard InChI is InChI=1S/C25H20N2O2S/c1-13-11-28-21-16(13)5-6-17-19-20(26-12-27-24(19)29-22(17)21)15-9-14-7-8-30-23(14)18(10-15)25(2,3)4/h5-12H,1-4H3. The van der Waals surface area contributed by atoms with Gasteiger partial charge in [-0.1, -0.05) is 20.8 Å². The van der Waals surface area contributed by atoms with Crippen LogP contribution in [0.3, 0.4) is 0 Å². The molecule has 0 radical (unpaired) electrons. The lowest BCUT2D eigenvalue weighted by Gasteiger charge is -2.21. The van der Waals surface area contributed by atoms with E-state index >= 15 is 0 Å². The summed E-state index contributed by atoms with van der Waals surface area (Å²) >= 11 is 1.79. The van der Waals surface area contributed by atoms with Gasteiger partial charge in [-0.05, 0) is 64.6 Å². The van der Waals surface area contributed by atoms with Crippen molar-refractivity contribution >= 4 is 54.5 Å². The molecular formula is C25H20N2O2S. The summed E-state index contributed by atoms with van der Waals surface area (Å²) in [5.74, 6) is 0. The van der Waals surface area contributed by atoms with E-state index in [2.05, 4.69) is 61.5 Å². The van der Waals surface area contributed by atoms with Crippen LogP contribution in [-0.2, 0) is 5.41 Å². The Labute approximate surface area is 177 Å². The Morgan fingerprint density at radius 1 is 0.967 bits per heavy atom. The van der Waals surface area contributed by atoms with E-state index in [9.17, 15) is 0 Å². The van der Waals surface area contributed by atoms with Gasteiger partial charge in [-0.2, -0.15) is 0 Å². The van der Waals surface area contributed by atoms with E-state index in [-0.39, 0.29) is 5.41 Å². The third-order valence-electron chi connectivity index (χ3n) is 5.80. The molecule has 0 amide bonds. The second-order valence-corrected chi connectivity index (χ2v) is 9.77. The fourth-order valence-corrected chi connectivity index (χ4v) is 5.39. The van der Waals surface area contributed by atoms with Crippen LogP contribution in [-0.4, -0.2) is 9.97 Å². The molecule has 0 bridgehead atoms. The maximum absolute atomic E-state index is 6.17. The number of rotatable bonds is 1. The summed E-state index contributed by atoms with van der Waals surface area (Å²) in [4.78, 5) is 9.13. The van der Waals surface area contributed by atoms with Gasteiger partial charge in [-0.3, -0.25) is 0 Å². The van der Waals surface area contributed by atoms with E-state index in [1.165, 1.54) is 15.6 Å². The van der Waals surface area contributed by atoms with Gasteiger partial charge in [0, 0.05) is 21.0 Å². The summed E-state index contributed by atoms with van der Waals surface area (Å²) in [6.45, 7) is 8.80. The van der Waals surface area contributed by atoms with E-state index in [4.69, 9.17) is 13.8 Å². The van der Waals surface area contributed by atoms with Crippen LogP contribution in [0.2, 0.25) is 0 Å². The Bertz CT molecular complexity index is 1590. The highest BCUT2D eigenvalue weighted by atomic mass is 32.1. The quantitative estimate of drug-likeness (QED) is 0.279. The molecule has 0 unspecified atom stereocenters. The molecule has 0 fully saturated rings. The summed E-state index contributed by atoms with van der Waals surface area (Å²) in [5, 5.41) is 6.36. The largest absolute Gasteiger partial charge is 0.460 e. The maximum atomic E-state index is 6.17. The summed E-state index contributed by atoms with van der Waals surface area (Å²) in [7, 11) is 0. The molecule has 6 aromatic rings. The molecule has 148 valence electrons. The highest BCUT2D eigenvalue weighted by Crippen LogP contribution is 2.41. The first-order valence-corrected chi connectivity index (χ1v) is 10.9. The first-order valence-electron chi connectivity index (χ1n) is 9.98. The molecule has 4 aromatic heterocycles. The van der Waals surface area contributed by atoms with Crippen molar-refractivity contribution in [3.8, 4) is 11.3 Å². The Kier molecular flexibility index (Phi) is 3.49. The van der Waals surface area contributed by atoms with Crippen molar-refractivity contribution in [3.63, 3.8) is 0 Å². The lowest BCUT2D eigenvalue weighted by molar-refractivity contribution is 0.594. The number of fused-ring (bicyclic) bond motifs is 6. The number of aryl methyl sites for hydroxylation is 1. The molecule has 0 aliphatic carbocycles. The van der Waals surface area contributed by atoms with Crippen LogP contribution in [0.1, 0.15) is 31.9 Å². The van der Waals surface area contributed by atoms with Crippen LogP contribution in [0.5, 0.6) is 0 Å². The molecular weight excluding hydrogens is 392 g/mol. The van der Waals surface area contributed by atoms with Gasteiger partial charge in [0.2, 0.25) is 5.71 Å². The van der Waals surface area contributed by atoms with Crippen molar-refractivity contribution in [3.05, 3.63) is 59.4 Å². The first kappa shape index (κ1) is 17.7. The van der Waals surface area contributed by atoms with Crippen LogP contribution in [0.25, 0.3) is 54.4 Å². The molecule has 4 heterocycles. The zero-order valence-corrected chi connectivity index (χ0v) is 18.1. The minimum absolute atomic E-state index is 0.0293. The van der Waals surface area contributed by atoms with Gasteiger partial charge in [-0.15, -0.1) is 11.3 Å². The molecule has 5 heteroatoms. The van der Waals surface area contributed by atoms with E-state index in [0.29, 0.717) is 5.71 Å². The van der Waals surface area contributed by atoms with Gasteiger partial charge in [-0.25, -0.2) is 9.97 Å². The number of hydrogen-bond acceptors (Lipinski definition) is 5. The van der Waals surface area contributed by atoms with E-state index < -0.39 is 0 Å². The molecule has 2 aromatic carbocycles. The van der Waals surface area contributed by atoms with Gasteiger partial charge in [0.25, 0.3) is 0 Å². The number of furan rings is 2. The maximum Gasteiger partial charge on any atom is 0.231 e. The Hall–Kier alpha value is -3.18. The van der Waals surface area contributed by atoms with Crippen LogP contribution in [0, 0.1) is 6.92 Å². The number of benzene rings is 2. The average Bonchev–Trinajstić information content (AvgIpc) is 3.42. The summed E-state index contributed by atoms with van der Waals surface area (Å²) in [5.41, 5.74) is 6.49. The molecule has 30 heavy (non-hydrogen) atoms. The molecule has 0 aliphatic rings. The topological polar surface area (TPSA) is 52.1 Å². The predicted molar refractivity (Wildman–Crippen MR) is 123 cm³/mol. The summed E-state index contributed by atoms with van der Waals surface area (Å²) in [6.07, 6.45) is 3.35. The lowest BCUT2D eigenvalue weighted by Crippen LogP contribution is -2.11. The second-order valence-electron chi connectivity index (χ2n) is 8.85. The van der Waals surface area contributed by atoms with Crippen molar-refractivity contribution in [2.24, 2.45) is 0 Å². The normalized spacial score (nSPS) is 12.7. The molecule has 6 rings (SSSR count). The molecule has 0 atom stereocenters. The zero-order chi connectivity index (χ0) is 20.6. The van der Waals surface area contributed by atoms with Gasteiger partial charge in [0.1, 0.15) is 6.33 Å². The van der Waals surface area contributed by atoms with Gasteiger partial charge in [0.05, 0.1) is 17.3 Å². The minimum Gasteiger partial charge on any atom is -0.460 e. The van der Waals surface area contributed by atoms with Crippen molar-refractivity contribution < 1.29 is 8.83 Å². The van der Waals surface area contributed by atoms with E-state index in [1.807, 2.05) is 6.92 Å². The molecule has 0 saturated heterocycles. The van der Waals surface area contributed by atoms with Crippen LogP contribution >= 0.6 is 11.3 Å². The van der Waals surface area contributed by atoms with Gasteiger partial charge < -0.3 is 8.83 Å². The monoisotopic (exact) mass is 412 g/mol. The van der Waals surface area contributed by atoms with Crippen molar-refractivity contribution in [2.75, 3.05) is 0 Å². The van der Waals surface area contributed by atoms with Crippen LogP contribution in [0.15, 0.2) is 57.1 Å². The van der Waals surface area contributed by atoms with Crippen molar-refractivity contribution in [1.82, 2.24) is 9.97 Å². The van der Waals surface area contributed by atoms with E-state index in [0.717, 1.165) is 44.1 Å². The molecule has 0 N–H and O–H groups in total. The Balaban J connectivity index is 1.72. The third kappa shape index (κ3) is 2.39. The fourth-order valence-electron chi connectivity index (χ4n) is 4.28. The summed E-state index contributed by atoms with van der Waals surface area (Å²) in [6, 6.07) is 10.9. The highest BCUT2D eigenvalue weighted by Gasteiger charge is 2.22. The molecule has 4 nitrogen and oxygen atoms in total. The van der Waals surface area contributed by atoms with Crippen LogP contribution in [0.4, 0.5) is 0 Å². The molecule has 0 aliphatic heterocycles. The lowest BCUT2D eigenvalue weighted by atomic mass is 9.85. The number of hydrogen-bond donors (Lipinski definition) is 0. The van der Waals surface area contributed by atoms with Crippen molar-refractivity contribution in [2.45, 2.75) is 33.1 Å². The van der Waals surface area contributed by atoms with E-state index in [1.54, 1.807) is 23.9 Å². The Morgan fingerprint density at radius 3 is 2.63 bits per heavy atom. The molecule has 0 saturated carbocycles. The fraction of sp³-hybridized carbons (Fsp3) is 0.200. The third-order valence-corrected chi connectivity index (χ3v) is 6.77. The summed E-state index contributed by atoms with van der Waals surface area (Å²) < 4.78 is 13.3. The number of nitrogens with zero attached hydrogens (tertiary/aromatic N) is 2. The zero-order valence-electron chi connectivity index (χ0n) is 17.2. The van der Waals surface area contributed by atoms with Crippen LogP contribution < -0.4 is 0 Å². The number of thiophene rings is 1. The highest BCUT2D eigenvalue weighted by molar-refractivity contribution is 7.17. The van der Waals surface area contributed by atoms with Gasteiger partial charge >= 0.3 is 0 Å². The van der Waals surface area contributed by atoms with Crippen molar-refractivity contribution in [1.29, 1.82) is 0 Å². The second kappa shape index (κ2) is 5.92.